The van der Waals surface area contributed by atoms with Crippen LogP contribution in [0.2, 0.25) is 0 Å². The Bertz CT molecular complexity index is 1360. The maximum atomic E-state index is 14.0. The molecule has 0 spiro atoms. The van der Waals surface area contributed by atoms with Crippen LogP contribution in [-0.4, -0.2) is 73.2 Å². The monoisotopic (exact) mass is 582 g/mol. The van der Waals surface area contributed by atoms with Gasteiger partial charge in [0.05, 0.1) is 38.0 Å². The molecule has 1 N–H and O–H groups in total. The molecule has 2 fully saturated rings. The molecule has 2 aliphatic rings. The highest BCUT2D eigenvalue weighted by Crippen LogP contribution is 2.25. The molecule has 2 atom stereocenters. The molecule has 3 aromatic carbocycles. The Balaban J connectivity index is 0.000000216. The first-order valence-electron chi connectivity index (χ1n) is 13.8. The van der Waals surface area contributed by atoms with E-state index in [1.807, 2.05) is 43.4 Å². The van der Waals surface area contributed by atoms with E-state index >= 15 is 0 Å². The predicted molar refractivity (Wildman–Crippen MR) is 152 cm³/mol. The third-order valence-electron chi connectivity index (χ3n) is 7.16. The van der Waals surface area contributed by atoms with Crippen molar-refractivity contribution in [1.82, 2.24) is 9.80 Å². The molecule has 0 aliphatic carbocycles. The van der Waals surface area contributed by atoms with E-state index < -0.39 is 18.0 Å². The zero-order valence-electron chi connectivity index (χ0n) is 23.8. The van der Waals surface area contributed by atoms with E-state index in [-0.39, 0.29) is 43.0 Å². The Morgan fingerprint density at radius 3 is 2.17 bits per heavy atom. The SMILES string of the molecule is CC(=O)c1ccc(C2CN(C(=O)OCc3ccccc3)CCO2)cc1F.CN1CCOC(c2ccc(CO)c(F)c2)C1. The maximum Gasteiger partial charge on any atom is 0.410 e. The van der Waals surface area contributed by atoms with E-state index in [1.165, 1.54) is 25.1 Å². The number of carbonyl (C=O) groups excluding carboxylic acids is 2. The fourth-order valence-electron chi connectivity index (χ4n) is 4.72. The summed E-state index contributed by atoms with van der Waals surface area (Å²) in [6, 6.07) is 18.7. The lowest BCUT2D eigenvalue weighted by atomic mass is 10.0. The van der Waals surface area contributed by atoms with Crippen LogP contribution in [-0.2, 0) is 27.4 Å². The van der Waals surface area contributed by atoms with Crippen molar-refractivity contribution < 1.29 is 37.7 Å². The van der Waals surface area contributed by atoms with Gasteiger partial charge in [0.2, 0.25) is 0 Å². The highest BCUT2D eigenvalue weighted by atomic mass is 19.1. The van der Waals surface area contributed by atoms with Crippen molar-refractivity contribution >= 4 is 11.9 Å². The second kappa shape index (κ2) is 15.0. The summed E-state index contributed by atoms with van der Waals surface area (Å²) < 4.78 is 44.1. The standard InChI is InChI=1S/C20H20FNO4.C12H16FNO2/c1-14(23)17-8-7-16(11-18(17)21)19-12-22(9-10-25-19)20(24)26-13-15-5-3-2-4-6-15;1-14-4-5-16-12(7-14)9-2-3-10(8-15)11(13)6-9/h2-8,11,19H,9-10,12-13H2,1H3;2-3,6,12,15H,4-5,7-8H2,1H3. The lowest BCUT2D eigenvalue weighted by Gasteiger charge is -2.32. The van der Waals surface area contributed by atoms with Gasteiger partial charge in [-0.15, -0.1) is 0 Å². The molecule has 2 heterocycles. The molecule has 0 saturated carbocycles. The number of carbonyl (C=O) groups is 2. The van der Waals surface area contributed by atoms with E-state index in [0.29, 0.717) is 30.9 Å². The third-order valence-corrected chi connectivity index (χ3v) is 7.16. The Hall–Kier alpha value is -3.70. The summed E-state index contributed by atoms with van der Waals surface area (Å²) in [4.78, 5) is 27.3. The Morgan fingerprint density at radius 2 is 1.55 bits per heavy atom. The van der Waals surface area contributed by atoms with Crippen LogP contribution in [0.5, 0.6) is 0 Å². The van der Waals surface area contributed by atoms with E-state index in [1.54, 1.807) is 17.0 Å². The number of nitrogens with zero attached hydrogens (tertiary/aromatic N) is 2. The summed E-state index contributed by atoms with van der Waals surface area (Å²) in [5.41, 5.74) is 2.71. The van der Waals surface area contributed by atoms with Crippen molar-refractivity contribution in [2.45, 2.75) is 32.3 Å². The zero-order chi connectivity index (χ0) is 30.1. The summed E-state index contributed by atoms with van der Waals surface area (Å²) >= 11 is 0. The Labute approximate surface area is 244 Å². The van der Waals surface area contributed by atoms with Gasteiger partial charge < -0.3 is 29.1 Å². The summed E-state index contributed by atoms with van der Waals surface area (Å²) in [5, 5.41) is 8.88. The topological polar surface area (TPSA) is 88.5 Å². The predicted octanol–water partition coefficient (Wildman–Crippen LogP) is 5.06. The second-order valence-electron chi connectivity index (χ2n) is 10.3. The van der Waals surface area contributed by atoms with Crippen molar-refractivity contribution in [3.05, 3.63) is 106 Å². The highest BCUT2D eigenvalue weighted by molar-refractivity contribution is 5.94. The number of aliphatic hydroxyl groups is 1. The van der Waals surface area contributed by atoms with Gasteiger partial charge in [-0.1, -0.05) is 48.5 Å². The minimum Gasteiger partial charge on any atom is -0.445 e. The van der Waals surface area contributed by atoms with E-state index in [2.05, 4.69) is 4.90 Å². The van der Waals surface area contributed by atoms with Gasteiger partial charge in [0.1, 0.15) is 24.3 Å². The molecule has 5 rings (SSSR count). The number of halogens is 2. The van der Waals surface area contributed by atoms with E-state index in [9.17, 15) is 18.4 Å². The molecule has 0 aromatic heterocycles. The van der Waals surface area contributed by atoms with Gasteiger partial charge in [0.15, 0.2) is 5.78 Å². The van der Waals surface area contributed by atoms with Crippen LogP contribution in [0.15, 0.2) is 66.7 Å². The number of aliphatic hydroxyl groups excluding tert-OH is 1. The van der Waals surface area contributed by atoms with Crippen LogP contribution in [0.1, 0.15) is 51.7 Å². The quantitative estimate of drug-likeness (QED) is 0.407. The summed E-state index contributed by atoms with van der Waals surface area (Å²) in [5.74, 6) is -1.27. The van der Waals surface area contributed by atoms with Crippen LogP contribution < -0.4 is 0 Å². The zero-order valence-corrected chi connectivity index (χ0v) is 23.8. The molecule has 2 saturated heterocycles. The first kappa shape index (κ1) is 31.2. The van der Waals surface area contributed by atoms with Gasteiger partial charge in [0.25, 0.3) is 0 Å². The van der Waals surface area contributed by atoms with Crippen LogP contribution in [0.25, 0.3) is 0 Å². The smallest absolute Gasteiger partial charge is 0.410 e. The van der Waals surface area contributed by atoms with Crippen LogP contribution in [0.3, 0.4) is 0 Å². The number of morpholine rings is 2. The molecule has 0 bridgehead atoms. The number of Topliss-reactive ketones (excluding diaryl/α,β-unsaturated/α-hetero) is 1. The van der Waals surface area contributed by atoms with Crippen LogP contribution >= 0.6 is 0 Å². The molecule has 2 aliphatic heterocycles. The summed E-state index contributed by atoms with van der Waals surface area (Å²) in [7, 11) is 2.02. The Kier molecular flexibility index (Phi) is 11.1. The normalized spacial score (nSPS) is 19.0. The van der Waals surface area contributed by atoms with Gasteiger partial charge in [0, 0.05) is 25.2 Å². The van der Waals surface area contributed by atoms with Crippen molar-refractivity contribution in [2.75, 3.05) is 46.4 Å². The number of ketones is 1. The number of benzene rings is 3. The van der Waals surface area contributed by atoms with E-state index in [0.717, 1.165) is 24.2 Å². The van der Waals surface area contributed by atoms with Gasteiger partial charge in [-0.3, -0.25) is 4.79 Å². The van der Waals surface area contributed by atoms with Gasteiger partial charge >= 0.3 is 6.09 Å². The fourth-order valence-corrected chi connectivity index (χ4v) is 4.72. The Morgan fingerprint density at radius 1 is 0.905 bits per heavy atom. The number of hydrogen-bond donors (Lipinski definition) is 1. The van der Waals surface area contributed by atoms with E-state index in [4.69, 9.17) is 19.3 Å². The molecule has 2 unspecified atom stereocenters. The number of hydrogen-bond acceptors (Lipinski definition) is 7. The van der Waals surface area contributed by atoms with Gasteiger partial charge in [-0.2, -0.15) is 0 Å². The van der Waals surface area contributed by atoms with Gasteiger partial charge in [-0.25, -0.2) is 13.6 Å². The molecular weight excluding hydrogens is 546 g/mol. The first-order chi connectivity index (χ1) is 20.2. The minimum absolute atomic E-state index is 0.0451. The number of rotatable bonds is 6. The average molecular weight is 583 g/mol. The molecular formula is C32H36F2N2O6. The van der Waals surface area contributed by atoms with Crippen LogP contribution in [0.4, 0.5) is 13.6 Å². The molecule has 0 radical (unpaired) electrons. The second-order valence-corrected chi connectivity index (χ2v) is 10.3. The van der Waals surface area contributed by atoms with Crippen molar-refractivity contribution in [3.63, 3.8) is 0 Å². The average Bonchev–Trinajstić information content (AvgIpc) is 3.00. The molecule has 1 amide bonds. The van der Waals surface area contributed by atoms with Gasteiger partial charge in [-0.05, 0) is 48.9 Å². The number of ether oxygens (including phenoxy) is 3. The molecule has 3 aromatic rings. The molecule has 8 nitrogen and oxygen atoms in total. The lowest BCUT2D eigenvalue weighted by Crippen LogP contribution is -2.42. The number of likely N-dealkylation sites (N-methyl/N-ethyl adjacent to an activating group) is 1. The molecule has 10 heteroatoms. The van der Waals surface area contributed by atoms with Crippen LogP contribution in [0, 0.1) is 11.6 Å². The molecule has 224 valence electrons. The van der Waals surface area contributed by atoms with Crippen molar-refractivity contribution in [1.29, 1.82) is 0 Å². The molecule has 42 heavy (non-hydrogen) atoms. The number of amides is 1. The highest BCUT2D eigenvalue weighted by Gasteiger charge is 2.27. The fraction of sp³-hybridized carbons (Fsp3) is 0.375. The lowest BCUT2D eigenvalue weighted by molar-refractivity contribution is -0.0297. The van der Waals surface area contributed by atoms with Crippen molar-refractivity contribution in [2.24, 2.45) is 0 Å². The largest absolute Gasteiger partial charge is 0.445 e. The third kappa shape index (κ3) is 8.42. The minimum atomic E-state index is -0.581. The van der Waals surface area contributed by atoms with Crippen molar-refractivity contribution in [3.8, 4) is 0 Å². The maximum absolute atomic E-state index is 14.0. The summed E-state index contributed by atoms with van der Waals surface area (Å²) in [6.45, 7) is 4.63. The summed E-state index contributed by atoms with van der Waals surface area (Å²) in [6.07, 6.45) is -0.951. The first-order valence-corrected chi connectivity index (χ1v) is 13.8.